The number of carbonyl (C=O) groups is 1. The average Bonchev–Trinajstić information content (AvgIpc) is 3.40. The number of anilines is 1. The Bertz CT molecular complexity index is 1250. The fraction of sp³-hybridized carbons (Fsp3) is 0.227. The summed E-state index contributed by atoms with van der Waals surface area (Å²) in [6, 6.07) is 10.6. The fourth-order valence-electron chi connectivity index (χ4n) is 3.34. The van der Waals surface area contributed by atoms with Crippen LogP contribution in [0.15, 0.2) is 55.1 Å². The maximum Gasteiger partial charge on any atom is 0.273 e. The molecule has 158 valence electrons. The summed E-state index contributed by atoms with van der Waals surface area (Å²) >= 11 is 1.45. The van der Waals surface area contributed by atoms with Crippen molar-refractivity contribution in [2.24, 2.45) is 0 Å². The van der Waals surface area contributed by atoms with Gasteiger partial charge >= 0.3 is 0 Å². The van der Waals surface area contributed by atoms with E-state index in [1.165, 1.54) is 17.4 Å². The lowest BCUT2D eigenvalue weighted by Crippen LogP contribution is -2.32. The maximum absolute atomic E-state index is 13.4. The average molecular weight is 436 g/mol. The highest BCUT2D eigenvalue weighted by atomic mass is 32.1. The Labute approximate surface area is 182 Å². The molecule has 4 rings (SSSR count). The van der Waals surface area contributed by atoms with E-state index < -0.39 is 4.92 Å². The predicted octanol–water partition coefficient (Wildman–Crippen LogP) is 4.75. The summed E-state index contributed by atoms with van der Waals surface area (Å²) < 4.78 is 2.94. The number of aromatic nitrogens is 3. The lowest BCUT2D eigenvalue weighted by Gasteiger charge is -2.20. The van der Waals surface area contributed by atoms with E-state index in [4.69, 9.17) is 0 Å². The Balaban J connectivity index is 1.67. The van der Waals surface area contributed by atoms with Crippen molar-refractivity contribution in [2.45, 2.75) is 26.8 Å². The van der Waals surface area contributed by atoms with Crippen LogP contribution >= 0.6 is 11.3 Å². The fourth-order valence-corrected chi connectivity index (χ4v) is 4.43. The van der Waals surface area contributed by atoms with Crippen molar-refractivity contribution >= 4 is 38.3 Å². The van der Waals surface area contributed by atoms with Gasteiger partial charge in [-0.05, 0) is 44.0 Å². The van der Waals surface area contributed by atoms with Crippen LogP contribution in [0.1, 0.15) is 27.9 Å². The highest BCUT2D eigenvalue weighted by Crippen LogP contribution is 2.31. The highest BCUT2D eigenvalue weighted by Gasteiger charge is 2.23. The molecule has 8 nitrogen and oxygen atoms in total. The molecule has 4 aromatic rings. The zero-order valence-electron chi connectivity index (χ0n) is 17.2. The molecule has 0 saturated carbocycles. The van der Waals surface area contributed by atoms with Crippen LogP contribution in [0.3, 0.4) is 0 Å². The first kappa shape index (κ1) is 20.7. The molecule has 1 amide bonds. The number of amides is 1. The van der Waals surface area contributed by atoms with Crippen LogP contribution in [-0.4, -0.2) is 31.9 Å². The zero-order valence-corrected chi connectivity index (χ0v) is 18.0. The van der Waals surface area contributed by atoms with E-state index in [2.05, 4.69) is 9.97 Å². The Morgan fingerprint density at radius 2 is 2.06 bits per heavy atom. The van der Waals surface area contributed by atoms with Gasteiger partial charge in [-0.25, -0.2) is 9.97 Å². The quantitative estimate of drug-likeness (QED) is 0.308. The summed E-state index contributed by atoms with van der Waals surface area (Å²) in [7, 11) is 0. The molecule has 0 aliphatic carbocycles. The number of hydrogen-bond acceptors (Lipinski definition) is 6. The lowest BCUT2D eigenvalue weighted by atomic mass is 10.1. The molecule has 0 fully saturated rings. The Hall–Kier alpha value is -3.59. The van der Waals surface area contributed by atoms with Crippen molar-refractivity contribution in [1.82, 2.24) is 14.5 Å². The van der Waals surface area contributed by atoms with Crippen molar-refractivity contribution in [2.75, 3.05) is 11.4 Å². The summed E-state index contributed by atoms with van der Waals surface area (Å²) in [6.07, 6.45) is 6.00. The van der Waals surface area contributed by atoms with Gasteiger partial charge in [0.1, 0.15) is 0 Å². The zero-order chi connectivity index (χ0) is 22.0. The SMILES string of the molecule is Cc1ccc2nc(N(CCCn3ccnc3)C(=O)c3ccc(C)c([N+](=O)[O-])c3)sc2c1. The van der Waals surface area contributed by atoms with Crippen molar-refractivity contribution in [3.63, 3.8) is 0 Å². The minimum atomic E-state index is -0.462. The second-order valence-electron chi connectivity index (χ2n) is 7.34. The summed E-state index contributed by atoms with van der Waals surface area (Å²) in [5.41, 5.74) is 2.67. The molecule has 31 heavy (non-hydrogen) atoms. The first-order valence-corrected chi connectivity index (χ1v) is 10.6. The van der Waals surface area contributed by atoms with Gasteiger partial charge in [0, 0.05) is 42.7 Å². The van der Waals surface area contributed by atoms with E-state index in [0.29, 0.717) is 30.2 Å². The first-order chi connectivity index (χ1) is 14.9. The Kier molecular flexibility index (Phi) is 5.77. The number of nitrogens with zero attached hydrogens (tertiary/aromatic N) is 5. The third-order valence-electron chi connectivity index (χ3n) is 5.02. The molecule has 0 atom stereocenters. The van der Waals surface area contributed by atoms with Crippen LogP contribution in [0.2, 0.25) is 0 Å². The number of thiazole rings is 1. The lowest BCUT2D eigenvalue weighted by molar-refractivity contribution is -0.385. The summed E-state index contributed by atoms with van der Waals surface area (Å²) in [6.45, 7) is 4.79. The molecule has 0 unspecified atom stereocenters. The van der Waals surface area contributed by atoms with E-state index in [1.54, 1.807) is 36.5 Å². The Morgan fingerprint density at radius 3 is 2.81 bits per heavy atom. The molecule has 0 aliphatic rings. The van der Waals surface area contributed by atoms with Gasteiger partial charge in [0.25, 0.3) is 11.6 Å². The van der Waals surface area contributed by atoms with E-state index in [0.717, 1.165) is 15.8 Å². The van der Waals surface area contributed by atoms with E-state index >= 15 is 0 Å². The highest BCUT2D eigenvalue weighted by molar-refractivity contribution is 7.22. The van der Waals surface area contributed by atoms with Crippen LogP contribution in [-0.2, 0) is 6.54 Å². The second kappa shape index (κ2) is 8.65. The number of carbonyl (C=O) groups excluding carboxylic acids is 1. The standard InChI is InChI=1S/C22H21N5O3S/c1-15-4-7-18-20(12-15)31-22(24-18)26(10-3-9-25-11-8-23-14-25)21(28)17-6-5-16(2)19(13-17)27(29)30/h4-8,11-14H,3,9-10H2,1-2H3. The molecule has 2 aromatic carbocycles. The van der Waals surface area contributed by atoms with Crippen molar-refractivity contribution in [3.8, 4) is 0 Å². The number of hydrogen-bond donors (Lipinski definition) is 0. The van der Waals surface area contributed by atoms with Crippen LogP contribution < -0.4 is 4.90 Å². The normalized spacial score (nSPS) is 11.0. The summed E-state index contributed by atoms with van der Waals surface area (Å²) in [5.74, 6) is -0.301. The number of rotatable bonds is 7. The minimum Gasteiger partial charge on any atom is -0.337 e. The van der Waals surface area contributed by atoms with Gasteiger partial charge < -0.3 is 4.57 Å². The molecular formula is C22H21N5O3S. The Morgan fingerprint density at radius 1 is 1.23 bits per heavy atom. The minimum absolute atomic E-state index is 0.0656. The summed E-state index contributed by atoms with van der Waals surface area (Å²) in [5, 5.41) is 11.9. The maximum atomic E-state index is 13.4. The summed E-state index contributed by atoms with van der Waals surface area (Å²) in [4.78, 5) is 34.6. The van der Waals surface area contributed by atoms with Gasteiger partial charge in [0.15, 0.2) is 5.13 Å². The van der Waals surface area contributed by atoms with Crippen molar-refractivity contribution in [1.29, 1.82) is 0 Å². The number of aryl methyl sites for hydroxylation is 3. The van der Waals surface area contributed by atoms with Crippen molar-refractivity contribution in [3.05, 3.63) is 81.9 Å². The second-order valence-corrected chi connectivity index (χ2v) is 8.35. The molecule has 0 aliphatic heterocycles. The van der Waals surface area contributed by atoms with E-state index in [9.17, 15) is 14.9 Å². The van der Waals surface area contributed by atoms with Gasteiger partial charge in [-0.3, -0.25) is 19.8 Å². The van der Waals surface area contributed by atoms with Gasteiger partial charge in [-0.15, -0.1) is 0 Å². The molecular weight excluding hydrogens is 414 g/mol. The number of imidazole rings is 1. The van der Waals surface area contributed by atoms with Crippen LogP contribution in [0, 0.1) is 24.0 Å². The molecule has 9 heteroatoms. The predicted molar refractivity (Wildman–Crippen MR) is 121 cm³/mol. The van der Waals surface area contributed by atoms with Gasteiger partial charge in [-0.1, -0.05) is 23.5 Å². The third-order valence-corrected chi connectivity index (χ3v) is 6.06. The molecule has 2 aromatic heterocycles. The molecule has 0 bridgehead atoms. The molecule has 0 N–H and O–H groups in total. The first-order valence-electron chi connectivity index (χ1n) is 9.82. The molecule has 2 heterocycles. The smallest absolute Gasteiger partial charge is 0.273 e. The largest absolute Gasteiger partial charge is 0.337 e. The topological polar surface area (TPSA) is 94.2 Å². The van der Waals surface area contributed by atoms with Crippen LogP contribution in [0.25, 0.3) is 10.2 Å². The van der Waals surface area contributed by atoms with Crippen molar-refractivity contribution < 1.29 is 9.72 Å². The molecule has 0 spiro atoms. The number of nitro groups is 1. The molecule has 0 saturated heterocycles. The van der Waals surface area contributed by atoms with E-state index in [-0.39, 0.29) is 17.2 Å². The monoisotopic (exact) mass is 435 g/mol. The van der Waals surface area contributed by atoms with Gasteiger partial charge in [0.2, 0.25) is 0 Å². The number of fused-ring (bicyclic) bond motifs is 1. The molecule has 0 radical (unpaired) electrons. The van der Waals surface area contributed by atoms with Gasteiger partial charge in [-0.2, -0.15) is 0 Å². The van der Waals surface area contributed by atoms with Crippen LogP contribution in [0.5, 0.6) is 0 Å². The van der Waals surface area contributed by atoms with Gasteiger partial charge in [0.05, 0.1) is 21.5 Å². The van der Waals surface area contributed by atoms with Crippen LogP contribution in [0.4, 0.5) is 10.8 Å². The number of benzene rings is 2. The van der Waals surface area contributed by atoms with E-state index in [1.807, 2.05) is 35.9 Å². The number of nitro benzene ring substituents is 1. The third kappa shape index (κ3) is 4.46.